The minimum atomic E-state index is -2.86. The molecule has 0 aliphatic carbocycles. The van der Waals surface area contributed by atoms with Crippen molar-refractivity contribution in [1.29, 1.82) is 0 Å². The topological polar surface area (TPSA) is 51.2 Å². The highest BCUT2D eigenvalue weighted by Gasteiger charge is 2.06. The third-order valence-electron chi connectivity index (χ3n) is 2.60. The van der Waals surface area contributed by atoms with Crippen LogP contribution < -0.4 is 10.1 Å². The van der Waals surface area contributed by atoms with Gasteiger partial charge in [-0.1, -0.05) is 17.8 Å². The lowest BCUT2D eigenvalue weighted by molar-refractivity contribution is -0.113. The first kappa shape index (κ1) is 16.2. The van der Waals surface area contributed by atoms with Crippen LogP contribution in [0.4, 0.5) is 14.5 Å². The van der Waals surface area contributed by atoms with Crippen molar-refractivity contribution in [1.82, 2.24) is 4.98 Å². The van der Waals surface area contributed by atoms with Crippen molar-refractivity contribution >= 4 is 23.4 Å². The number of benzene rings is 1. The van der Waals surface area contributed by atoms with Crippen LogP contribution >= 0.6 is 11.8 Å². The Balaban J connectivity index is 1.82. The van der Waals surface area contributed by atoms with E-state index in [0.717, 1.165) is 10.6 Å². The number of aromatic nitrogens is 1. The SMILES string of the molecule is Cc1ccc(SCC(=O)Nc2ccc(OC(F)F)cc2)nc1. The van der Waals surface area contributed by atoms with Gasteiger partial charge < -0.3 is 10.1 Å². The van der Waals surface area contributed by atoms with Crippen molar-refractivity contribution in [3.8, 4) is 5.75 Å². The molecule has 0 aliphatic rings. The Labute approximate surface area is 130 Å². The fraction of sp³-hybridized carbons (Fsp3) is 0.200. The standard InChI is InChI=1S/C15H14F2N2O2S/c1-10-2-7-14(18-8-10)22-9-13(20)19-11-3-5-12(6-4-11)21-15(16)17/h2-8,15H,9H2,1H3,(H,19,20). The highest BCUT2D eigenvalue weighted by Crippen LogP contribution is 2.19. The van der Waals surface area contributed by atoms with Crippen molar-refractivity contribution < 1.29 is 18.3 Å². The van der Waals surface area contributed by atoms with Gasteiger partial charge in [0, 0.05) is 11.9 Å². The summed E-state index contributed by atoms with van der Waals surface area (Å²) in [6.45, 7) is -0.922. The van der Waals surface area contributed by atoms with Crippen LogP contribution in [0.1, 0.15) is 5.56 Å². The summed E-state index contributed by atoms with van der Waals surface area (Å²) in [6, 6.07) is 9.53. The molecule has 0 bridgehead atoms. The molecule has 0 aliphatic heterocycles. The van der Waals surface area contributed by atoms with Crippen LogP contribution in [0.2, 0.25) is 0 Å². The van der Waals surface area contributed by atoms with Gasteiger partial charge in [0.1, 0.15) is 5.75 Å². The molecule has 2 aromatic rings. The number of nitrogens with one attached hydrogen (secondary N) is 1. The molecule has 0 saturated carbocycles. The van der Waals surface area contributed by atoms with Gasteiger partial charge in [-0.05, 0) is 42.8 Å². The molecule has 0 unspecified atom stereocenters. The maximum atomic E-state index is 12.0. The third-order valence-corrected chi connectivity index (χ3v) is 3.54. The second-order valence-corrected chi connectivity index (χ2v) is 5.41. The van der Waals surface area contributed by atoms with E-state index in [4.69, 9.17) is 0 Å². The van der Waals surface area contributed by atoms with Crippen LogP contribution in [0.25, 0.3) is 0 Å². The molecule has 1 amide bonds. The fourth-order valence-corrected chi connectivity index (χ4v) is 2.24. The molecule has 22 heavy (non-hydrogen) atoms. The Morgan fingerprint density at radius 3 is 2.59 bits per heavy atom. The summed E-state index contributed by atoms with van der Waals surface area (Å²) < 4.78 is 28.3. The van der Waals surface area contributed by atoms with Crippen LogP contribution in [0, 0.1) is 6.92 Å². The van der Waals surface area contributed by atoms with Gasteiger partial charge in [0.2, 0.25) is 5.91 Å². The van der Waals surface area contributed by atoms with Gasteiger partial charge in [0.15, 0.2) is 0 Å². The van der Waals surface area contributed by atoms with Crippen molar-refractivity contribution in [2.45, 2.75) is 18.6 Å². The van der Waals surface area contributed by atoms with Gasteiger partial charge >= 0.3 is 6.61 Å². The quantitative estimate of drug-likeness (QED) is 0.823. The number of pyridine rings is 1. The van der Waals surface area contributed by atoms with Crippen molar-refractivity contribution in [3.63, 3.8) is 0 Å². The first-order valence-electron chi connectivity index (χ1n) is 6.43. The van der Waals surface area contributed by atoms with E-state index in [1.165, 1.54) is 36.0 Å². The molecule has 116 valence electrons. The monoisotopic (exact) mass is 324 g/mol. The summed E-state index contributed by atoms with van der Waals surface area (Å²) >= 11 is 1.32. The summed E-state index contributed by atoms with van der Waals surface area (Å²) in [5.74, 6) is 0.0619. The zero-order chi connectivity index (χ0) is 15.9. The largest absolute Gasteiger partial charge is 0.435 e. The smallest absolute Gasteiger partial charge is 0.387 e. The molecule has 2 rings (SSSR count). The molecule has 4 nitrogen and oxygen atoms in total. The second kappa shape index (κ2) is 7.74. The number of hydrogen-bond acceptors (Lipinski definition) is 4. The zero-order valence-electron chi connectivity index (χ0n) is 11.8. The van der Waals surface area contributed by atoms with E-state index in [1.807, 2.05) is 19.1 Å². The molecular weight excluding hydrogens is 310 g/mol. The maximum absolute atomic E-state index is 12.0. The number of hydrogen-bond donors (Lipinski definition) is 1. The third kappa shape index (κ3) is 5.33. The highest BCUT2D eigenvalue weighted by atomic mass is 32.2. The van der Waals surface area contributed by atoms with Crippen LogP contribution in [-0.4, -0.2) is 23.3 Å². The van der Waals surface area contributed by atoms with Crippen molar-refractivity contribution in [3.05, 3.63) is 48.2 Å². The molecule has 0 fully saturated rings. The highest BCUT2D eigenvalue weighted by molar-refractivity contribution is 7.99. The predicted octanol–water partition coefficient (Wildman–Crippen LogP) is 3.72. The molecule has 0 atom stereocenters. The van der Waals surface area contributed by atoms with E-state index >= 15 is 0 Å². The second-order valence-electron chi connectivity index (χ2n) is 4.41. The van der Waals surface area contributed by atoms with Crippen LogP contribution in [-0.2, 0) is 4.79 Å². The van der Waals surface area contributed by atoms with E-state index in [1.54, 1.807) is 6.20 Å². The van der Waals surface area contributed by atoms with E-state index in [-0.39, 0.29) is 17.4 Å². The Morgan fingerprint density at radius 2 is 2.00 bits per heavy atom. The summed E-state index contributed by atoms with van der Waals surface area (Å²) in [4.78, 5) is 16.0. The predicted molar refractivity (Wildman–Crippen MR) is 81.4 cm³/mol. The van der Waals surface area contributed by atoms with Crippen molar-refractivity contribution in [2.75, 3.05) is 11.1 Å². The fourth-order valence-electron chi connectivity index (χ4n) is 1.60. The van der Waals surface area contributed by atoms with Gasteiger partial charge in [-0.2, -0.15) is 8.78 Å². The van der Waals surface area contributed by atoms with Gasteiger partial charge in [0.25, 0.3) is 0 Å². The number of aryl methyl sites for hydroxylation is 1. The Morgan fingerprint density at radius 1 is 1.27 bits per heavy atom. The first-order valence-corrected chi connectivity index (χ1v) is 7.41. The Hall–Kier alpha value is -2.15. The number of rotatable bonds is 6. The number of nitrogens with zero attached hydrogens (tertiary/aromatic N) is 1. The molecule has 7 heteroatoms. The molecule has 1 N–H and O–H groups in total. The average molecular weight is 324 g/mol. The Kier molecular flexibility index (Phi) is 5.71. The number of ether oxygens (including phenoxy) is 1. The van der Waals surface area contributed by atoms with Crippen LogP contribution in [0.15, 0.2) is 47.6 Å². The summed E-state index contributed by atoms with van der Waals surface area (Å²) in [5.41, 5.74) is 1.57. The van der Waals surface area contributed by atoms with Gasteiger partial charge in [-0.25, -0.2) is 4.98 Å². The van der Waals surface area contributed by atoms with Crippen LogP contribution in [0.3, 0.4) is 0 Å². The van der Waals surface area contributed by atoms with E-state index in [2.05, 4.69) is 15.0 Å². The minimum absolute atomic E-state index is 0.0474. The first-order chi connectivity index (χ1) is 10.5. The number of anilines is 1. The van der Waals surface area contributed by atoms with Crippen molar-refractivity contribution in [2.24, 2.45) is 0 Å². The maximum Gasteiger partial charge on any atom is 0.387 e. The van der Waals surface area contributed by atoms with E-state index in [9.17, 15) is 13.6 Å². The number of amides is 1. The van der Waals surface area contributed by atoms with Crippen LogP contribution in [0.5, 0.6) is 5.75 Å². The van der Waals surface area contributed by atoms with E-state index < -0.39 is 6.61 Å². The molecule has 1 aromatic carbocycles. The normalized spacial score (nSPS) is 10.5. The number of carbonyl (C=O) groups excluding carboxylic acids is 1. The molecule has 0 saturated heterocycles. The zero-order valence-corrected chi connectivity index (χ0v) is 12.6. The Bertz CT molecular complexity index is 618. The summed E-state index contributed by atoms with van der Waals surface area (Å²) in [6.07, 6.45) is 1.74. The molecule has 0 spiro atoms. The number of alkyl halides is 2. The minimum Gasteiger partial charge on any atom is -0.435 e. The average Bonchev–Trinajstić information content (AvgIpc) is 2.48. The number of halogens is 2. The molecule has 1 aromatic heterocycles. The summed E-state index contributed by atoms with van der Waals surface area (Å²) in [5, 5.41) is 3.44. The molecule has 0 radical (unpaired) electrons. The van der Waals surface area contributed by atoms with Gasteiger partial charge in [-0.15, -0.1) is 0 Å². The number of carbonyl (C=O) groups is 1. The lowest BCUT2D eigenvalue weighted by Crippen LogP contribution is -2.14. The summed E-state index contributed by atoms with van der Waals surface area (Å²) in [7, 11) is 0. The van der Waals surface area contributed by atoms with Gasteiger partial charge in [0.05, 0.1) is 10.8 Å². The molecule has 1 heterocycles. The van der Waals surface area contributed by atoms with E-state index in [0.29, 0.717) is 5.69 Å². The number of thioether (sulfide) groups is 1. The molecular formula is C15H14F2N2O2S. The lowest BCUT2D eigenvalue weighted by Gasteiger charge is -2.07. The van der Waals surface area contributed by atoms with Gasteiger partial charge in [-0.3, -0.25) is 4.79 Å². The lowest BCUT2D eigenvalue weighted by atomic mass is 10.3.